The summed E-state index contributed by atoms with van der Waals surface area (Å²) in [5, 5.41) is 4.35. The van der Waals surface area contributed by atoms with Crippen LogP contribution in [-0.4, -0.2) is 19.9 Å². The first kappa shape index (κ1) is 12.0. The maximum Gasteiger partial charge on any atom is 0.157 e. The van der Waals surface area contributed by atoms with Gasteiger partial charge in [0.15, 0.2) is 5.82 Å². The first-order chi connectivity index (χ1) is 9.36. The largest absolute Gasteiger partial charge is 0.362 e. The molecule has 6 heteroatoms. The van der Waals surface area contributed by atoms with Crippen LogP contribution in [0.15, 0.2) is 30.7 Å². The van der Waals surface area contributed by atoms with Crippen molar-refractivity contribution in [2.45, 2.75) is 19.9 Å². The standard InChI is InChI=1S/C13H13N5S/c1-2-10-18-11-12(16-8-17-13(11)19-10)15-7-9-5-3-4-6-14-9/h3-6,8H,2,7H2,1H3,(H,15,16,17). The molecule has 0 atom stereocenters. The second-order valence-electron chi connectivity index (χ2n) is 4.01. The summed E-state index contributed by atoms with van der Waals surface area (Å²) in [6.07, 6.45) is 4.27. The van der Waals surface area contributed by atoms with Gasteiger partial charge in [0.2, 0.25) is 0 Å². The average Bonchev–Trinajstić information content (AvgIpc) is 2.90. The maximum atomic E-state index is 4.55. The molecule has 3 rings (SSSR count). The molecule has 0 saturated heterocycles. The highest BCUT2D eigenvalue weighted by atomic mass is 32.1. The van der Waals surface area contributed by atoms with Gasteiger partial charge in [0.25, 0.3) is 0 Å². The molecule has 0 aliphatic rings. The van der Waals surface area contributed by atoms with E-state index in [1.165, 1.54) is 0 Å². The molecule has 0 spiro atoms. The lowest BCUT2D eigenvalue weighted by atomic mass is 10.3. The summed E-state index contributed by atoms with van der Waals surface area (Å²) in [6, 6.07) is 5.85. The monoisotopic (exact) mass is 271 g/mol. The second kappa shape index (κ2) is 5.27. The van der Waals surface area contributed by atoms with E-state index >= 15 is 0 Å². The fourth-order valence-corrected chi connectivity index (χ4v) is 2.60. The van der Waals surface area contributed by atoms with E-state index in [0.29, 0.717) is 6.54 Å². The van der Waals surface area contributed by atoms with Crippen LogP contribution < -0.4 is 5.32 Å². The van der Waals surface area contributed by atoms with Gasteiger partial charge in [-0.1, -0.05) is 24.3 Å². The Kier molecular flexibility index (Phi) is 3.33. The molecule has 0 aliphatic heterocycles. The van der Waals surface area contributed by atoms with Crippen LogP contribution in [0.25, 0.3) is 10.3 Å². The Hall–Kier alpha value is -2.08. The number of thiazole rings is 1. The van der Waals surface area contributed by atoms with Gasteiger partial charge < -0.3 is 5.32 Å². The molecular formula is C13H13N5S. The van der Waals surface area contributed by atoms with Crippen LogP contribution in [-0.2, 0) is 13.0 Å². The van der Waals surface area contributed by atoms with Gasteiger partial charge in [-0.3, -0.25) is 4.98 Å². The molecule has 96 valence electrons. The lowest BCUT2D eigenvalue weighted by Gasteiger charge is -2.04. The highest BCUT2D eigenvalue weighted by Crippen LogP contribution is 2.24. The SMILES string of the molecule is CCc1nc2c(NCc3ccccn3)ncnc2s1. The van der Waals surface area contributed by atoms with Gasteiger partial charge in [0, 0.05) is 6.20 Å². The van der Waals surface area contributed by atoms with Gasteiger partial charge in [-0.2, -0.15) is 0 Å². The Balaban J connectivity index is 1.86. The predicted octanol–water partition coefficient (Wildman–Crippen LogP) is 2.66. The van der Waals surface area contributed by atoms with Crippen LogP contribution in [0.3, 0.4) is 0 Å². The summed E-state index contributed by atoms with van der Waals surface area (Å²) in [4.78, 5) is 18.3. The molecule has 0 bridgehead atoms. The van der Waals surface area contributed by atoms with Gasteiger partial charge in [-0.15, -0.1) is 0 Å². The first-order valence-electron chi connectivity index (χ1n) is 6.11. The third kappa shape index (κ3) is 2.53. The van der Waals surface area contributed by atoms with E-state index in [1.807, 2.05) is 18.2 Å². The minimum atomic E-state index is 0.631. The quantitative estimate of drug-likeness (QED) is 0.790. The van der Waals surface area contributed by atoms with Crippen LogP contribution >= 0.6 is 11.3 Å². The summed E-state index contributed by atoms with van der Waals surface area (Å²) >= 11 is 1.62. The van der Waals surface area contributed by atoms with Crippen molar-refractivity contribution in [2.75, 3.05) is 5.32 Å². The van der Waals surface area contributed by atoms with Gasteiger partial charge in [0.1, 0.15) is 16.7 Å². The second-order valence-corrected chi connectivity index (χ2v) is 5.07. The van der Waals surface area contributed by atoms with Crippen LogP contribution in [0.1, 0.15) is 17.6 Å². The number of fused-ring (bicyclic) bond motifs is 1. The molecular weight excluding hydrogens is 258 g/mol. The minimum absolute atomic E-state index is 0.631. The van der Waals surface area contributed by atoms with E-state index < -0.39 is 0 Å². The molecule has 0 radical (unpaired) electrons. The number of hydrogen-bond donors (Lipinski definition) is 1. The van der Waals surface area contributed by atoms with Crippen molar-refractivity contribution < 1.29 is 0 Å². The molecule has 3 heterocycles. The van der Waals surface area contributed by atoms with E-state index in [4.69, 9.17) is 0 Å². The fraction of sp³-hybridized carbons (Fsp3) is 0.231. The number of nitrogens with zero attached hydrogens (tertiary/aromatic N) is 4. The molecule has 0 unspecified atom stereocenters. The highest BCUT2D eigenvalue weighted by molar-refractivity contribution is 7.18. The lowest BCUT2D eigenvalue weighted by molar-refractivity contribution is 1.02. The van der Waals surface area contributed by atoms with E-state index in [-0.39, 0.29) is 0 Å². The summed E-state index contributed by atoms with van der Waals surface area (Å²) in [5.41, 5.74) is 1.82. The number of hydrogen-bond acceptors (Lipinski definition) is 6. The lowest BCUT2D eigenvalue weighted by Crippen LogP contribution is -2.03. The van der Waals surface area contributed by atoms with E-state index in [0.717, 1.165) is 33.3 Å². The fourth-order valence-electron chi connectivity index (χ4n) is 1.75. The maximum absolute atomic E-state index is 4.55. The summed E-state index contributed by atoms with van der Waals surface area (Å²) in [5.74, 6) is 0.770. The molecule has 19 heavy (non-hydrogen) atoms. The zero-order valence-corrected chi connectivity index (χ0v) is 11.3. The summed E-state index contributed by atoms with van der Waals surface area (Å²) in [7, 11) is 0. The Morgan fingerprint density at radius 1 is 1.21 bits per heavy atom. The van der Waals surface area contributed by atoms with Crippen molar-refractivity contribution in [1.82, 2.24) is 19.9 Å². The molecule has 0 aliphatic carbocycles. The molecule has 1 N–H and O–H groups in total. The van der Waals surface area contributed by atoms with Crippen LogP contribution in [0, 0.1) is 0 Å². The smallest absolute Gasteiger partial charge is 0.157 e. The zero-order chi connectivity index (χ0) is 13.1. The third-order valence-corrected chi connectivity index (χ3v) is 3.81. The number of anilines is 1. The topological polar surface area (TPSA) is 63.6 Å². The number of nitrogens with one attached hydrogen (secondary N) is 1. The molecule has 0 aromatic carbocycles. The van der Waals surface area contributed by atoms with Gasteiger partial charge >= 0.3 is 0 Å². The van der Waals surface area contributed by atoms with Crippen LogP contribution in [0.4, 0.5) is 5.82 Å². The number of pyridine rings is 1. The van der Waals surface area contributed by atoms with Crippen LogP contribution in [0.2, 0.25) is 0 Å². The Labute approximate surface area is 114 Å². The van der Waals surface area contributed by atoms with E-state index in [1.54, 1.807) is 23.9 Å². The predicted molar refractivity (Wildman–Crippen MR) is 76.2 cm³/mol. The van der Waals surface area contributed by atoms with Crippen molar-refractivity contribution in [1.29, 1.82) is 0 Å². The molecule has 3 aromatic heterocycles. The molecule has 0 saturated carbocycles. The molecule has 0 amide bonds. The Morgan fingerprint density at radius 3 is 2.95 bits per heavy atom. The van der Waals surface area contributed by atoms with Crippen molar-refractivity contribution in [2.24, 2.45) is 0 Å². The van der Waals surface area contributed by atoms with Crippen LogP contribution in [0.5, 0.6) is 0 Å². The Bertz CT molecular complexity index is 680. The number of aryl methyl sites for hydroxylation is 1. The van der Waals surface area contributed by atoms with Crippen molar-refractivity contribution in [3.8, 4) is 0 Å². The minimum Gasteiger partial charge on any atom is -0.362 e. The van der Waals surface area contributed by atoms with Crippen molar-refractivity contribution in [3.63, 3.8) is 0 Å². The van der Waals surface area contributed by atoms with Gasteiger partial charge in [-0.25, -0.2) is 15.0 Å². The number of rotatable bonds is 4. The zero-order valence-electron chi connectivity index (χ0n) is 10.5. The normalized spacial score (nSPS) is 10.8. The van der Waals surface area contributed by atoms with E-state index in [2.05, 4.69) is 32.2 Å². The summed E-state index contributed by atoms with van der Waals surface area (Å²) in [6.45, 7) is 2.72. The van der Waals surface area contributed by atoms with E-state index in [9.17, 15) is 0 Å². The first-order valence-corrected chi connectivity index (χ1v) is 6.92. The van der Waals surface area contributed by atoms with Crippen molar-refractivity contribution in [3.05, 3.63) is 41.4 Å². The number of aromatic nitrogens is 4. The third-order valence-electron chi connectivity index (χ3n) is 2.71. The van der Waals surface area contributed by atoms with Crippen molar-refractivity contribution >= 4 is 27.5 Å². The summed E-state index contributed by atoms with van der Waals surface area (Å²) < 4.78 is 0. The molecule has 5 nitrogen and oxygen atoms in total. The van der Waals surface area contributed by atoms with Gasteiger partial charge in [-0.05, 0) is 18.6 Å². The Morgan fingerprint density at radius 2 is 2.16 bits per heavy atom. The molecule has 3 aromatic rings. The molecule has 0 fully saturated rings. The van der Waals surface area contributed by atoms with Gasteiger partial charge in [0.05, 0.1) is 17.2 Å². The highest BCUT2D eigenvalue weighted by Gasteiger charge is 2.09. The average molecular weight is 271 g/mol.